The number of rotatable bonds is 4. The zero-order valence-corrected chi connectivity index (χ0v) is 11.3. The minimum atomic E-state index is -0.207. The summed E-state index contributed by atoms with van der Waals surface area (Å²) < 4.78 is 18.4. The first kappa shape index (κ1) is 12.9. The van der Waals surface area contributed by atoms with Crippen LogP contribution in [0.25, 0.3) is 11.0 Å². The molecule has 1 aromatic heterocycles. The van der Waals surface area contributed by atoms with E-state index in [1.807, 2.05) is 18.2 Å². The number of fused-ring (bicyclic) bond motifs is 1. The third-order valence-corrected chi connectivity index (χ3v) is 3.53. The first-order chi connectivity index (χ1) is 9.74. The van der Waals surface area contributed by atoms with Crippen molar-refractivity contribution in [3.8, 4) is 0 Å². The summed E-state index contributed by atoms with van der Waals surface area (Å²) >= 11 is 0. The van der Waals surface area contributed by atoms with Crippen molar-refractivity contribution in [3.05, 3.63) is 71.7 Å². The highest BCUT2D eigenvalue weighted by Crippen LogP contribution is 2.21. The van der Waals surface area contributed by atoms with Crippen molar-refractivity contribution in [3.63, 3.8) is 0 Å². The van der Waals surface area contributed by atoms with E-state index in [0.717, 1.165) is 28.6 Å². The van der Waals surface area contributed by atoms with Crippen LogP contribution in [0, 0.1) is 5.82 Å². The molecule has 0 amide bonds. The lowest BCUT2D eigenvalue weighted by molar-refractivity contribution is 0.560. The van der Waals surface area contributed by atoms with Crippen molar-refractivity contribution in [2.24, 2.45) is 0 Å². The Kier molecular flexibility index (Phi) is 3.52. The predicted octanol–water partition coefficient (Wildman–Crippen LogP) is 4.42. The van der Waals surface area contributed by atoms with Crippen molar-refractivity contribution in [2.75, 3.05) is 0 Å². The van der Waals surface area contributed by atoms with Crippen molar-refractivity contribution in [1.82, 2.24) is 5.32 Å². The molecule has 2 nitrogen and oxygen atoms in total. The second kappa shape index (κ2) is 5.47. The number of para-hydroxylation sites is 1. The lowest BCUT2D eigenvalue weighted by Gasteiger charge is -2.13. The van der Waals surface area contributed by atoms with Crippen LogP contribution in [0.3, 0.4) is 0 Å². The zero-order chi connectivity index (χ0) is 13.9. The number of halogens is 1. The Morgan fingerprint density at radius 3 is 2.65 bits per heavy atom. The summed E-state index contributed by atoms with van der Waals surface area (Å²) in [5, 5.41) is 4.56. The van der Waals surface area contributed by atoms with Gasteiger partial charge in [0.2, 0.25) is 0 Å². The van der Waals surface area contributed by atoms with E-state index >= 15 is 0 Å². The van der Waals surface area contributed by atoms with E-state index < -0.39 is 0 Å². The van der Waals surface area contributed by atoms with Crippen LogP contribution in [0.4, 0.5) is 4.39 Å². The largest absolute Gasteiger partial charge is 0.464 e. The molecule has 0 unspecified atom stereocenters. The first-order valence-electron chi connectivity index (χ1n) is 6.68. The molecule has 1 heterocycles. The third kappa shape index (κ3) is 2.58. The fourth-order valence-corrected chi connectivity index (χ4v) is 2.30. The van der Waals surface area contributed by atoms with Gasteiger partial charge >= 0.3 is 0 Å². The van der Waals surface area contributed by atoms with E-state index in [-0.39, 0.29) is 11.9 Å². The summed E-state index contributed by atoms with van der Waals surface area (Å²) in [7, 11) is 0. The number of hydrogen-bond donors (Lipinski definition) is 1. The molecule has 3 rings (SSSR count). The molecule has 0 aliphatic carbocycles. The molecule has 3 heteroatoms. The van der Waals surface area contributed by atoms with Gasteiger partial charge < -0.3 is 9.73 Å². The number of benzene rings is 2. The van der Waals surface area contributed by atoms with Gasteiger partial charge in [0.25, 0.3) is 0 Å². The summed E-state index contributed by atoms with van der Waals surface area (Å²) in [5.41, 5.74) is 3.10. The lowest BCUT2D eigenvalue weighted by atomic mass is 10.1. The molecular formula is C17H16FNO. The normalized spacial score (nSPS) is 12.7. The van der Waals surface area contributed by atoms with Crippen LogP contribution in [0.15, 0.2) is 59.2 Å². The second-order valence-corrected chi connectivity index (χ2v) is 4.91. The number of nitrogens with one attached hydrogen (secondary N) is 1. The Morgan fingerprint density at radius 2 is 1.85 bits per heavy atom. The molecule has 20 heavy (non-hydrogen) atoms. The van der Waals surface area contributed by atoms with E-state index in [0.29, 0.717) is 0 Å². The summed E-state index contributed by atoms with van der Waals surface area (Å²) in [4.78, 5) is 0. The van der Waals surface area contributed by atoms with Gasteiger partial charge in [0.15, 0.2) is 0 Å². The maximum atomic E-state index is 12.9. The molecule has 1 N–H and O–H groups in total. The third-order valence-electron chi connectivity index (χ3n) is 3.53. The minimum Gasteiger partial charge on any atom is -0.464 e. The van der Waals surface area contributed by atoms with Gasteiger partial charge in [-0.05, 0) is 30.7 Å². The number of hydrogen-bond acceptors (Lipinski definition) is 2. The van der Waals surface area contributed by atoms with Crippen LogP contribution >= 0.6 is 0 Å². The number of furan rings is 1. The Hall–Kier alpha value is -2.13. The SMILES string of the molecule is C[C@@H](NCc1coc2ccccc12)c1ccc(F)cc1. The maximum Gasteiger partial charge on any atom is 0.134 e. The molecule has 102 valence electrons. The van der Waals surface area contributed by atoms with Crippen LogP contribution in [0.2, 0.25) is 0 Å². The predicted molar refractivity (Wildman–Crippen MR) is 77.9 cm³/mol. The average Bonchev–Trinajstić information content (AvgIpc) is 2.89. The highest BCUT2D eigenvalue weighted by atomic mass is 19.1. The quantitative estimate of drug-likeness (QED) is 0.758. The molecule has 0 radical (unpaired) electrons. The smallest absolute Gasteiger partial charge is 0.134 e. The molecule has 0 aliphatic heterocycles. The van der Waals surface area contributed by atoms with Gasteiger partial charge in [-0.1, -0.05) is 30.3 Å². The van der Waals surface area contributed by atoms with Gasteiger partial charge in [0.05, 0.1) is 6.26 Å². The van der Waals surface area contributed by atoms with Crippen molar-refractivity contribution in [2.45, 2.75) is 19.5 Å². The molecule has 0 aliphatic rings. The lowest BCUT2D eigenvalue weighted by Crippen LogP contribution is -2.17. The highest BCUT2D eigenvalue weighted by molar-refractivity contribution is 5.80. The molecular weight excluding hydrogens is 253 g/mol. The van der Waals surface area contributed by atoms with Crippen molar-refractivity contribution < 1.29 is 8.81 Å². The van der Waals surface area contributed by atoms with Crippen molar-refractivity contribution in [1.29, 1.82) is 0 Å². The van der Waals surface area contributed by atoms with Crippen LogP contribution in [-0.4, -0.2) is 0 Å². The minimum absolute atomic E-state index is 0.157. The van der Waals surface area contributed by atoms with Crippen LogP contribution in [0.5, 0.6) is 0 Å². The Labute approximate surface area is 117 Å². The fraction of sp³-hybridized carbons (Fsp3) is 0.176. The van der Waals surface area contributed by atoms with Gasteiger partial charge in [-0.15, -0.1) is 0 Å². The van der Waals surface area contributed by atoms with Gasteiger partial charge in [-0.2, -0.15) is 0 Å². The Bertz CT molecular complexity index is 702. The topological polar surface area (TPSA) is 25.2 Å². The Balaban J connectivity index is 1.71. The Morgan fingerprint density at radius 1 is 1.10 bits per heavy atom. The van der Waals surface area contributed by atoms with E-state index in [1.54, 1.807) is 18.4 Å². The highest BCUT2D eigenvalue weighted by Gasteiger charge is 2.08. The first-order valence-corrected chi connectivity index (χ1v) is 6.68. The zero-order valence-electron chi connectivity index (χ0n) is 11.3. The van der Waals surface area contributed by atoms with E-state index in [1.165, 1.54) is 12.1 Å². The van der Waals surface area contributed by atoms with Gasteiger partial charge in [-0.3, -0.25) is 0 Å². The van der Waals surface area contributed by atoms with Crippen LogP contribution < -0.4 is 5.32 Å². The van der Waals surface area contributed by atoms with Crippen LogP contribution in [0.1, 0.15) is 24.1 Å². The van der Waals surface area contributed by atoms with Crippen LogP contribution in [-0.2, 0) is 6.54 Å². The summed E-state index contributed by atoms with van der Waals surface area (Å²) in [6.07, 6.45) is 1.79. The average molecular weight is 269 g/mol. The molecule has 0 saturated carbocycles. The second-order valence-electron chi connectivity index (χ2n) is 4.91. The standard InChI is InChI=1S/C17H16FNO/c1-12(13-6-8-15(18)9-7-13)19-10-14-11-20-17-5-3-2-4-16(14)17/h2-9,11-12,19H,10H2,1H3/t12-/m1/s1. The van der Waals surface area contributed by atoms with E-state index in [2.05, 4.69) is 18.3 Å². The summed E-state index contributed by atoms with van der Waals surface area (Å²) in [6, 6.07) is 14.7. The van der Waals surface area contributed by atoms with Crippen molar-refractivity contribution >= 4 is 11.0 Å². The van der Waals surface area contributed by atoms with Gasteiger partial charge in [-0.25, -0.2) is 4.39 Å². The summed E-state index contributed by atoms with van der Waals surface area (Å²) in [6.45, 7) is 2.78. The van der Waals surface area contributed by atoms with Gasteiger partial charge in [0.1, 0.15) is 11.4 Å². The molecule has 0 spiro atoms. The fourth-order valence-electron chi connectivity index (χ4n) is 2.30. The molecule has 0 saturated heterocycles. The summed E-state index contributed by atoms with van der Waals surface area (Å²) in [5.74, 6) is -0.207. The molecule has 0 bridgehead atoms. The van der Waals surface area contributed by atoms with Gasteiger partial charge in [0, 0.05) is 23.5 Å². The molecule has 3 aromatic rings. The van der Waals surface area contributed by atoms with E-state index in [4.69, 9.17) is 4.42 Å². The maximum absolute atomic E-state index is 12.9. The molecule has 1 atom stereocenters. The molecule has 2 aromatic carbocycles. The van der Waals surface area contributed by atoms with E-state index in [9.17, 15) is 4.39 Å². The monoisotopic (exact) mass is 269 g/mol. The molecule has 0 fully saturated rings.